The minimum Gasteiger partial charge on any atom is -0.497 e. The molecule has 2 amide bonds. The van der Waals surface area contributed by atoms with E-state index in [0.29, 0.717) is 11.3 Å². The molecule has 7 heteroatoms. The molecule has 29 heavy (non-hydrogen) atoms. The van der Waals surface area contributed by atoms with Gasteiger partial charge >= 0.3 is 5.97 Å². The maximum atomic E-state index is 12.0. The maximum Gasteiger partial charge on any atom is 0.325 e. The summed E-state index contributed by atoms with van der Waals surface area (Å²) in [5.74, 6) is -1.01. The van der Waals surface area contributed by atoms with Crippen LogP contribution in [-0.2, 0) is 20.7 Å². The van der Waals surface area contributed by atoms with Crippen molar-refractivity contribution in [1.29, 1.82) is 0 Å². The summed E-state index contributed by atoms with van der Waals surface area (Å²) in [6.07, 6.45) is 0.950. The third-order valence-electron chi connectivity index (χ3n) is 4.35. The molecule has 0 heterocycles. The van der Waals surface area contributed by atoms with Gasteiger partial charge in [-0.25, -0.2) is 0 Å². The minimum absolute atomic E-state index is 0.208. The highest BCUT2D eigenvalue weighted by Crippen LogP contribution is 2.14. The second kappa shape index (κ2) is 10.8. The zero-order chi connectivity index (χ0) is 21.2. The van der Waals surface area contributed by atoms with Crippen LogP contribution in [0.1, 0.15) is 41.4 Å². The molecule has 2 N–H and O–H groups in total. The van der Waals surface area contributed by atoms with Gasteiger partial charge in [-0.3, -0.25) is 14.4 Å². The van der Waals surface area contributed by atoms with E-state index in [1.165, 1.54) is 12.7 Å². The average molecular weight is 398 g/mol. The van der Waals surface area contributed by atoms with E-state index >= 15 is 0 Å². The van der Waals surface area contributed by atoms with Crippen LogP contribution in [0.25, 0.3) is 0 Å². The van der Waals surface area contributed by atoms with Crippen LogP contribution in [-0.4, -0.2) is 38.0 Å². The van der Waals surface area contributed by atoms with E-state index in [1.807, 2.05) is 31.2 Å². The molecule has 0 saturated heterocycles. The van der Waals surface area contributed by atoms with Gasteiger partial charge in [0.1, 0.15) is 12.3 Å². The van der Waals surface area contributed by atoms with Gasteiger partial charge in [0.2, 0.25) is 0 Å². The van der Waals surface area contributed by atoms with Gasteiger partial charge in [0.05, 0.1) is 13.2 Å². The molecule has 2 aromatic carbocycles. The molecule has 1 atom stereocenters. The van der Waals surface area contributed by atoms with Crippen LogP contribution in [0.3, 0.4) is 0 Å². The Morgan fingerprint density at radius 2 is 1.79 bits per heavy atom. The predicted octanol–water partition coefficient (Wildman–Crippen LogP) is 2.41. The first-order chi connectivity index (χ1) is 13.9. The second-order valence-electron chi connectivity index (χ2n) is 6.46. The number of nitrogens with one attached hydrogen (secondary N) is 2. The Bertz CT molecular complexity index is 849. The Hall–Kier alpha value is -3.35. The van der Waals surface area contributed by atoms with E-state index in [2.05, 4.69) is 17.6 Å². The second-order valence-corrected chi connectivity index (χ2v) is 6.46. The number of methoxy groups -OCH3 is 1. The number of benzene rings is 2. The first-order valence-electron chi connectivity index (χ1n) is 9.39. The molecule has 0 aliphatic rings. The summed E-state index contributed by atoms with van der Waals surface area (Å²) in [5.41, 5.74) is 2.54. The summed E-state index contributed by atoms with van der Waals surface area (Å²) in [6, 6.07) is 14.3. The molecule has 0 aromatic heterocycles. The van der Waals surface area contributed by atoms with Gasteiger partial charge in [0.25, 0.3) is 11.8 Å². The lowest BCUT2D eigenvalue weighted by Crippen LogP contribution is -2.34. The Kier molecular flexibility index (Phi) is 8.21. The lowest BCUT2D eigenvalue weighted by Gasteiger charge is -2.15. The molecule has 0 fully saturated rings. The molecule has 0 unspecified atom stereocenters. The van der Waals surface area contributed by atoms with Gasteiger partial charge in [-0.1, -0.05) is 37.3 Å². The Balaban J connectivity index is 1.73. The maximum absolute atomic E-state index is 12.0. The van der Waals surface area contributed by atoms with Crippen molar-refractivity contribution in [2.75, 3.05) is 20.3 Å². The molecule has 7 nitrogen and oxygen atoms in total. The monoisotopic (exact) mass is 398 g/mol. The topological polar surface area (TPSA) is 93.7 Å². The molecular weight excluding hydrogens is 372 g/mol. The van der Waals surface area contributed by atoms with E-state index in [0.717, 1.165) is 12.0 Å². The minimum atomic E-state index is -0.698. The molecule has 154 valence electrons. The highest BCUT2D eigenvalue weighted by atomic mass is 16.5. The van der Waals surface area contributed by atoms with Crippen molar-refractivity contribution in [1.82, 2.24) is 10.6 Å². The first kappa shape index (κ1) is 21.9. The van der Waals surface area contributed by atoms with Gasteiger partial charge in [0, 0.05) is 5.56 Å². The zero-order valence-electron chi connectivity index (χ0n) is 16.9. The van der Waals surface area contributed by atoms with Crippen molar-refractivity contribution in [2.45, 2.75) is 26.3 Å². The molecule has 0 aliphatic heterocycles. The number of esters is 1. The standard InChI is InChI=1S/C22H26N2O5/c1-4-16-8-10-17(11-9-16)15(2)24-20(25)14-29-21(26)13-23-22(27)18-6-5-7-19(12-18)28-3/h5-12,15H,4,13-14H2,1-3H3,(H,23,27)(H,24,25)/t15-/m1/s1. The van der Waals surface area contributed by atoms with E-state index < -0.39 is 24.4 Å². The zero-order valence-corrected chi connectivity index (χ0v) is 16.9. The van der Waals surface area contributed by atoms with Crippen LogP contribution in [0.5, 0.6) is 5.75 Å². The third-order valence-corrected chi connectivity index (χ3v) is 4.35. The van der Waals surface area contributed by atoms with Crippen LogP contribution in [0, 0.1) is 0 Å². The van der Waals surface area contributed by atoms with Crippen molar-refractivity contribution in [3.05, 3.63) is 65.2 Å². The van der Waals surface area contributed by atoms with Crippen LogP contribution in [0.15, 0.2) is 48.5 Å². The number of carbonyl (C=O) groups excluding carboxylic acids is 3. The smallest absolute Gasteiger partial charge is 0.325 e. The number of carbonyl (C=O) groups is 3. The number of amides is 2. The van der Waals surface area contributed by atoms with Crippen LogP contribution in [0.4, 0.5) is 0 Å². The summed E-state index contributed by atoms with van der Waals surface area (Å²) in [4.78, 5) is 35.8. The SMILES string of the molecule is CCc1ccc([C@@H](C)NC(=O)COC(=O)CNC(=O)c2cccc(OC)c2)cc1. The van der Waals surface area contributed by atoms with Crippen molar-refractivity contribution in [2.24, 2.45) is 0 Å². The molecule has 2 aromatic rings. The van der Waals surface area contributed by atoms with E-state index in [9.17, 15) is 14.4 Å². The lowest BCUT2D eigenvalue weighted by molar-refractivity contribution is -0.147. The molecule has 0 bridgehead atoms. The number of aryl methyl sites for hydroxylation is 1. The van der Waals surface area contributed by atoms with E-state index in [-0.39, 0.29) is 12.6 Å². The third kappa shape index (κ3) is 6.95. The normalized spacial score (nSPS) is 11.3. The van der Waals surface area contributed by atoms with E-state index in [4.69, 9.17) is 9.47 Å². The predicted molar refractivity (Wildman–Crippen MR) is 109 cm³/mol. The van der Waals surface area contributed by atoms with Gasteiger partial charge < -0.3 is 20.1 Å². The Labute approximate surface area is 170 Å². The summed E-state index contributed by atoms with van der Waals surface area (Å²) in [5, 5.41) is 5.23. The number of rotatable bonds is 9. The molecule has 0 radical (unpaired) electrons. The van der Waals surface area contributed by atoms with Crippen molar-refractivity contribution in [3.63, 3.8) is 0 Å². The van der Waals surface area contributed by atoms with Gasteiger partial charge in [-0.2, -0.15) is 0 Å². The van der Waals surface area contributed by atoms with Gasteiger partial charge in [-0.15, -0.1) is 0 Å². The average Bonchev–Trinajstić information content (AvgIpc) is 2.76. The first-order valence-corrected chi connectivity index (χ1v) is 9.39. The van der Waals surface area contributed by atoms with Crippen molar-refractivity contribution in [3.8, 4) is 5.75 Å². The molecule has 0 aliphatic carbocycles. The van der Waals surface area contributed by atoms with Gasteiger partial charge in [-0.05, 0) is 42.7 Å². The summed E-state index contributed by atoms with van der Waals surface area (Å²) >= 11 is 0. The molecule has 0 spiro atoms. The fraction of sp³-hybridized carbons (Fsp3) is 0.318. The quantitative estimate of drug-likeness (QED) is 0.633. The fourth-order valence-corrected chi connectivity index (χ4v) is 2.62. The van der Waals surface area contributed by atoms with E-state index in [1.54, 1.807) is 24.3 Å². The summed E-state index contributed by atoms with van der Waals surface area (Å²) in [7, 11) is 1.50. The number of hydrogen-bond acceptors (Lipinski definition) is 5. The van der Waals surface area contributed by atoms with Crippen LogP contribution in [0.2, 0.25) is 0 Å². The Morgan fingerprint density at radius 3 is 2.45 bits per heavy atom. The Morgan fingerprint density at radius 1 is 1.07 bits per heavy atom. The summed E-state index contributed by atoms with van der Waals surface area (Å²) < 4.78 is 9.97. The lowest BCUT2D eigenvalue weighted by atomic mass is 10.1. The number of hydrogen-bond donors (Lipinski definition) is 2. The fourth-order valence-electron chi connectivity index (χ4n) is 2.62. The largest absolute Gasteiger partial charge is 0.497 e. The highest BCUT2D eigenvalue weighted by molar-refractivity contribution is 5.96. The number of ether oxygens (including phenoxy) is 2. The van der Waals surface area contributed by atoms with Gasteiger partial charge in [0.15, 0.2) is 6.61 Å². The van der Waals surface area contributed by atoms with Crippen LogP contribution >= 0.6 is 0 Å². The molecular formula is C22H26N2O5. The van der Waals surface area contributed by atoms with Crippen molar-refractivity contribution >= 4 is 17.8 Å². The van der Waals surface area contributed by atoms with Crippen molar-refractivity contribution < 1.29 is 23.9 Å². The van der Waals surface area contributed by atoms with Crippen LogP contribution < -0.4 is 15.4 Å². The highest BCUT2D eigenvalue weighted by Gasteiger charge is 2.13. The molecule has 2 rings (SSSR count). The molecule has 0 saturated carbocycles. The summed E-state index contributed by atoms with van der Waals surface area (Å²) in [6.45, 7) is 3.19.